The molecule has 1 rings (SSSR count). The van der Waals surface area contributed by atoms with E-state index < -0.39 is 74.2 Å². The first-order valence-corrected chi connectivity index (χ1v) is 19.1. The van der Waals surface area contributed by atoms with Gasteiger partial charge in [0.1, 0.15) is 36.6 Å². The van der Waals surface area contributed by atoms with Gasteiger partial charge >= 0.3 is 0 Å². The highest BCUT2D eigenvalue weighted by Crippen LogP contribution is 2.23. The fraction of sp³-hybridized carbons (Fsp3) is 0.919. The molecule has 9 unspecified atom stereocenters. The molecule has 1 heterocycles. The highest BCUT2D eigenvalue weighted by Gasteiger charge is 2.44. The van der Waals surface area contributed by atoms with Gasteiger partial charge in [0.15, 0.2) is 6.29 Å². The fourth-order valence-electron chi connectivity index (χ4n) is 6.02. The van der Waals surface area contributed by atoms with Crippen LogP contribution in [0.2, 0.25) is 0 Å². The SMILES string of the molecule is CCCCCC/C=C\CCCCCCCCC(O)C(=O)NC(COC1OC(CO)C(O)C(O)C1O)C(O)C(O)CCCCCCCCC. The van der Waals surface area contributed by atoms with Gasteiger partial charge in [0.25, 0.3) is 0 Å². The molecule has 0 aromatic heterocycles. The highest BCUT2D eigenvalue weighted by molar-refractivity contribution is 5.80. The Hall–Kier alpha value is -1.15. The maximum absolute atomic E-state index is 12.9. The Morgan fingerprint density at radius 1 is 0.708 bits per heavy atom. The number of aliphatic hydroxyl groups is 7. The lowest BCUT2D eigenvalue weighted by Crippen LogP contribution is -2.60. The molecule has 11 nitrogen and oxygen atoms in total. The average Bonchev–Trinajstić information content (AvgIpc) is 3.08. The minimum Gasteiger partial charge on any atom is -0.394 e. The van der Waals surface area contributed by atoms with Crippen LogP contribution < -0.4 is 5.32 Å². The quantitative estimate of drug-likeness (QED) is 0.0402. The second-order valence-corrected chi connectivity index (χ2v) is 13.6. The van der Waals surface area contributed by atoms with E-state index in [9.17, 15) is 40.5 Å². The molecule has 1 saturated heterocycles. The third-order valence-electron chi connectivity index (χ3n) is 9.32. The van der Waals surface area contributed by atoms with E-state index in [-0.39, 0.29) is 6.42 Å². The van der Waals surface area contributed by atoms with Crippen molar-refractivity contribution in [2.75, 3.05) is 13.2 Å². The summed E-state index contributed by atoms with van der Waals surface area (Å²) in [4.78, 5) is 12.9. The molecule has 0 radical (unpaired) electrons. The summed E-state index contributed by atoms with van der Waals surface area (Å²) < 4.78 is 11.0. The first kappa shape index (κ1) is 44.9. The first-order chi connectivity index (χ1) is 23.2. The maximum Gasteiger partial charge on any atom is 0.249 e. The molecule has 1 aliphatic rings. The van der Waals surface area contributed by atoms with Crippen LogP contribution in [0.15, 0.2) is 12.2 Å². The number of amides is 1. The van der Waals surface area contributed by atoms with Crippen molar-refractivity contribution >= 4 is 5.91 Å². The number of carbonyl (C=O) groups excluding carboxylic acids is 1. The monoisotopic (exact) mass is 690 g/mol. The van der Waals surface area contributed by atoms with Crippen molar-refractivity contribution in [3.8, 4) is 0 Å². The largest absolute Gasteiger partial charge is 0.394 e. The predicted molar refractivity (Wildman–Crippen MR) is 187 cm³/mol. The van der Waals surface area contributed by atoms with E-state index in [1.165, 1.54) is 44.9 Å². The third-order valence-corrected chi connectivity index (χ3v) is 9.32. The molecule has 11 heteroatoms. The molecule has 284 valence electrons. The van der Waals surface area contributed by atoms with E-state index in [1.54, 1.807) is 0 Å². The van der Waals surface area contributed by atoms with Crippen molar-refractivity contribution in [1.82, 2.24) is 5.32 Å². The maximum atomic E-state index is 12.9. The van der Waals surface area contributed by atoms with Gasteiger partial charge in [-0.3, -0.25) is 4.79 Å². The van der Waals surface area contributed by atoms with E-state index in [0.29, 0.717) is 19.3 Å². The van der Waals surface area contributed by atoms with Crippen molar-refractivity contribution in [3.05, 3.63) is 12.2 Å². The summed E-state index contributed by atoms with van der Waals surface area (Å²) in [6.45, 7) is 3.32. The molecule has 48 heavy (non-hydrogen) atoms. The van der Waals surface area contributed by atoms with Crippen molar-refractivity contribution in [3.63, 3.8) is 0 Å². The van der Waals surface area contributed by atoms with E-state index in [0.717, 1.165) is 64.2 Å². The second kappa shape index (κ2) is 28.5. The summed E-state index contributed by atoms with van der Waals surface area (Å²) in [5.74, 6) is -0.707. The van der Waals surface area contributed by atoms with E-state index in [1.807, 2.05) is 0 Å². The minimum absolute atomic E-state index is 0.254. The molecule has 1 aliphatic heterocycles. The number of ether oxygens (including phenoxy) is 2. The molecule has 0 spiro atoms. The Balaban J connectivity index is 2.54. The molecule has 8 N–H and O–H groups in total. The van der Waals surface area contributed by atoms with Gasteiger partial charge in [0, 0.05) is 0 Å². The molecule has 0 saturated carbocycles. The lowest BCUT2D eigenvalue weighted by atomic mass is 9.98. The second-order valence-electron chi connectivity index (χ2n) is 13.6. The molecule has 0 aliphatic carbocycles. The van der Waals surface area contributed by atoms with Crippen LogP contribution in [-0.2, 0) is 14.3 Å². The van der Waals surface area contributed by atoms with Crippen molar-refractivity contribution < 1.29 is 50.0 Å². The van der Waals surface area contributed by atoms with Gasteiger partial charge in [-0.25, -0.2) is 0 Å². The minimum atomic E-state index is -1.66. The number of rotatable bonds is 30. The standard InChI is InChI=1S/C37H71NO10/c1-3-5-7-9-11-12-13-14-15-16-17-19-21-23-25-30(41)36(46)38-28(32(42)29(40)24-22-20-18-10-8-6-4-2)27-47-37-35(45)34(44)33(43)31(26-39)48-37/h12-13,28-35,37,39-45H,3-11,14-27H2,1-2H3,(H,38,46)/b13-12-. The van der Waals surface area contributed by atoms with Crippen molar-refractivity contribution in [1.29, 1.82) is 0 Å². The van der Waals surface area contributed by atoms with Gasteiger partial charge in [-0.05, 0) is 38.5 Å². The summed E-state index contributed by atoms with van der Waals surface area (Å²) in [6.07, 6.45) is 14.4. The fourth-order valence-corrected chi connectivity index (χ4v) is 6.02. The van der Waals surface area contributed by atoms with E-state index >= 15 is 0 Å². The van der Waals surface area contributed by atoms with Crippen LogP contribution in [0.25, 0.3) is 0 Å². The summed E-state index contributed by atoms with van der Waals surface area (Å²) in [5, 5.41) is 74.9. The molecule has 1 fully saturated rings. The van der Waals surface area contributed by atoms with Crippen molar-refractivity contribution in [2.24, 2.45) is 0 Å². The Labute approximate surface area is 290 Å². The Morgan fingerprint density at radius 2 is 1.21 bits per heavy atom. The summed E-state index contributed by atoms with van der Waals surface area (Å²) in [7, 11) is 0. The normalized spacial score (nSPS) is 24.1. The predicted octanol–water partition coefficient (Wildman–Crippen LogP) is 4.16. The van der Waals surface area contributed by atoms with Crippen LogP contribution in [0.1, 0.15) is 149 Å². The number of unbranched alkanes of at least 4 members (excludes halogenated alkanes) is 16. The summed E-state index contributed by atoms with van der Waals surface area (Å²) >= 11 is 0. The zero-order valence-corrected chi connectivity index (χ0v) is 30.0. The number of allylic oxidation sites excluding steroid dienone is 2. The zero-order chi connectivity index (χ0) is 35.6. The van der Waals surface area contributed by atoms with Gasteiger partial charge in [-0.15, -0.1) is 0 Å². The molecule has 0 aromatic carbocycles. The van der Waals surface area contributed by atoms with Gasteiger partial charge in [0.05, 0.1) is 25.4 Å². The summed E-state index contributed by atoms with van der Waals surface area (Å²) in [6, 6.07) is -1.16. The summed E-state index contributed by atoms with van der Waals surface area (Å²) in [5.41, 5.74) is 0. The van der Waals surface area contributed by atoms with Crippen LogP contribution >= 0.6 is 0 Å². The Morgan fingerprint density at radius 3 is 1.77 bits per heavy atom. The number of aliphatic hydroxyl groups excluding tert-OH is 7. The van der Waals surface area contributed by atoms with Crippen molar-refractivity contribution in [2.45, 2.75) is 204 Å². The van der Waals surface area contributed by atoms with E-state index in [2.05, 4.69) is 31.3 Å². The van der Waals surface area contributed by atoms with Crippen LogP contribution in [0, 0.1) is 0 Å². The van der Waals surface area contributed by atoms with Crippen LogP contribution in [0.5, 0.6) is 0 Å². The number of carbonyl (C=O) groups is 1. The topological polar surface area (TPSA) is 189 Å². The zero-order valence-electron chi connectivity index (χ0n) is 30.0. The first-order valence-electron chi connectivity index (χ1n) is 19.1. The molecule has 9 atom stereocenters. The van der Waals surface area contributed by atoms with Crippen LogP contribution in [0.4, 0.5) is 0 Å². The molecule has 0 bridgehead atoms. The average molecular weight is 690 g/mol. The molecule has 1 amide bonds. The number of nitrogens with one attached hydrogen (secondary N) is 1. The van der Waals surface area contributed by atoms with Gasteiger partial charge in [0.2, 0.25) is 5.91 Å². The van der Waals surface area contributed by atoms with Gasteiger partial charge in [-0.2, -0.15) is 0 Å². The highest BCUT2D eigenvalue weighted by atomic mass is 16.7. The van der Waals surface area contributed by atoms with Gasteiger partial charge < -0.3 is 50.5 Å². The van der Waals surface area contributed by atoms with Crippen LogP contribution in [-0.4, -0.2) is 110 Å². The lowest BCUT2D eigenvalue weighted by Gasteiger charge is -2.40. The van der Waals surface area contributed by atoms with Crippen LogP contribution in [0.3, 0.4) is 0 Å². The molecular formula is C37H71NO10. The van der Waals surface area contributed by atoms with Gasteiger partial charge in [-0.1, -0.05) is 122 Å². The molecule has 0 aromatic rings. The lowest BCUT2D eigenvalue weighted by molar-refractivity contribution is -0.303. The number of hydrogen-bond acceptors (Lipinski definition) is 10. The van der Waals surface area contributed by atoms with E-state index in [4.69, 9.17) is 9.47 Å². The third kappa shape index (κ3) is 19.3. The Bertz CT molecular complexity index is 800. The number of hydrogen-bond donors (Lipinski definition) is 8. The smallest absolute Gasteiger partial charge is 0.249 e. The Kier molecular flexibility index (Phi) is 26.7. The molecular weight excluding hydrogens is 618 g/mol.